The molecule has 4 aliphatic rings. The van der Waals surface area contributed by atoms with Crippen LogP contribution >= 0.6 is 0 Å². The van der Waals surface area contributed by atoms with Gasteiger partial charge in [-0.3, -0.25) is 9.48 Å². The number of Topliss-reactive ketones (excluding diaryl/α,β-unsaturated/α-hetero) is 1. The van der Waals surface area contributed by atoms with E-state index in [-0.39, 0.29) is 23.7 Å². The third-order valence-corrected chi connectivity index (χ3v) is 10.5. The minimum Gasteiger partial charge on any atom is -0.390 e. The number of carbonyl (C=O) groups is 1. The maximum atomic E-state index is 13.2. The molecule has 1 N–H and O–H groups in total. The fourth-order valence-corrected chi connectivity index (χ4v) is 8.98. The Morgan fingerprint density at radius 1 is 1.19 bits per heavy atom. The molecule has 4 aliphatic carbocycles. The molecule has 1 aromatic rings. The van der Waals surface area contributed by atoms with Crippen molar-refractivity contribution in [3.63, 3.8) is 0 Å². The second kappa shape index (κ2) is 7.97. The molecule has 0 unspecified atom stereocenters. The number of carbonyl (C=O) groups excluding carboxylic acids is 1. The van der Waals surface area contributed by atoms with E-state index in [2.05, 4.69) is 25.0 Å². The summed E-state index contributed by atoms with van der Waals surface area (Å²) in [7, 11) is 0. The molecular formula is C27H39N3O2. The largest absolute Gasteiger partial charge is 0.390 e. The second-order valence-corrected chi connectivity index (χ2v) is 12.2. The summed E-state index contributed by atoms with van der Waals surface area (Å²) in [5, 5.41) is 23.8. The summed E-state index contributed by atoms with van der Waals surface area (Å²) in [5.74, 6) is 4.68. The summed E-state index contributed by atoms with van der Waals surface area (Å²) in [4.78, 5) is 13.2. The van der Waals surface area contributed by atoms with E-state index in [9.17, 15) is 9.90 Å². The number of nitrogens with zero attached hydrogens (tertiary/aromatic N) is 3. The van der Waals surface area contributed by atoms with Crippen LogP contribution in [0.15, 0.2) is 12.4 Å². The van der Waals surface area contributed by atoms with Gasteiger partial charge in [-0.2, -0.15) is 10.4 Å². The van der Waals surface area contributed by atoms with Crippen molar-refractivity contribution in [2.75, 3.05) is 0 Å². The fourth-order valence-electron chi connectivity index (χ4n) is 8.98. The number of hydrogen-bond donors (Lipinski definition) is 1. The molecule has 5 rings (SSSR count). The fraction of sp³-hybridized carbons (Fsp3) is 0.815. The molecule has 0 aromatic carbocycles. The van der Waals surface area contributed by atoms with Crippen LogP contribution in [-0.2, 0) is 11.3 Å². The Hall–Kier alpha value is -1.67. The predicted octanol–water partition coefficient (Wildman–Crippen LogP) is 4.98. The highest BCUT2D eigenvalue weighted by Gasteiger charge is 2.58. The highest BCUT2D eigenvalue weighted by Crippen LogP contribution is 2.65. The molecule has 5 heteroatoms. The first kappa shape index (κ1) is 22.1. The standard InChI is InChI=1S/C27H39N3O2/c1-17(25(31)16-30-15-18(13-28)14-29-30)23-6-7-24-22-5-4-19-12-26(2,32)10-8-20(19)21(22)9-11-27(23,24)3/h14-15,17,19-24,32H,4-12,16H2,1-3H3/t17-,19-,20+,21-,22-,23-,24+,26-,27-/m1/s1. The number of ketones is 1. The maximum absolute atomic E-state index is 13.2. The molecule has 4 fully saturated rings. The summed E-state index contributed by atoms with van der Waals surface area (Å²) in [6.45, 7) is 6.95. The lowest BCUT2D eigenvalue weighted by atomic mass is 9.48. The van der Waals surface area contributed by atoms with Gasteiger partial charge in [0, 0.05) is 12.1 Å². The summed E-state index contributed by atoms with van der Waals surface area (Å²) in [6, 6.07) is 2.09. The Morgan fingerprint density at radius 2 is 1.97 bits per heavy atom. The Morgan fingerprint density at radius 3 is 2.72 bits per heavy atom. The smallest absolute Gasteiger partial charge is 0.157 e. The molecule has 0 amide bonds. The van der Waals surface area contributed by atoms with E-state index in [1.165, 1.54) is 51.1 Å². The van der Waals surface area contributed by atoms with Crippen LogP contribution in [0.5, 0.6) is 0 Å². The van der Waals surface area contributed by atoms with Gasteiger partial charge in [0.25, 0.3) is 0 Å². The van der Waals surface area contributed by atoms with Crippen molar-refractivity contribution in [3.05, 3.63) is 18.0 Å². The van der Waals surface area contributed by atoms with Crippen molar-refractivity contribution < 1.29 is 9.90 Å². The predicted molar refractivity (Wildman–Crippen MR) is 122 cm³/mol. The first-order valence-electron chi connectivity index (χ1n) is 12.9. The first-order chi connectivity index (χ1) is 15.2. The first-order valence-corrected chi connectivity index (χ1v) is 12.9. The lowest BCUT2D eigenvalue weighted by Crippen LogP contribution is -2.51. The van der Waals surface area contributed by atoms with Crippen molar-refractivity contribution in [3.8, 4) is 6.07 Å². The molecule has 0 radical (unpaired) electrons. The lowest BCUT2D eigenvalue weighted by Gasteiger charge is -2.57. The van der Waals surface area contributed by atoms with Crippen LogP contribution in [0.1, 0.15) is 84.1 Å². The molecule has 32 heavy (non-hydrogen) atoms. The zero-order valence-electron chi connectivity index (χ0n) is 20.0. The maximum Gasteiger partial charge on any atom is 0.157 e. The summed E-state index contributed by atoms with van der Waals surface area (Å²) >= 11 is 0. The number of fused-ring (bicyclic) bond motifs is 5. The minimum absolute atomic E-state index is 0.0393. The number of rotatable bonds is 4. The highest BCUT2D eigenvalue weighted by molar-refractivity contribution is 5.80. The molecule has 1 heterocycles. The molecule has 9 atom stereocenters. The van der Waals surface area contributed by atoms with Crippen LogP contribution < -0.4 is 0 Å². The van der Waals surface area contributed by atoms with Crippen molar-refractivity contribution in [1.29, 1.82) is 5.26 Å². The summed E-state index contributed by atoms with van der Waals surface area (Å²) in [5.41, 5.74) is 0.329. The van der Waals surface area contributed by atoms with Crippen molar-refractivity contribution in [1.82, 2.24) is 9.78 Å². The normalized spacial score (nSPS) is 44.1. The minimum atomic E-state index is -0.450. The summed E-state index contributed by atoms with van der Waals surface area (Å²) < 4.78 is 1.63. The second-order valence-electron chi connectivity index (χ2n) is 12.2. The van der Waals surface area contributed by atoms with Crippen molar-refractivity contribution >= 4 is 5.78 Å². The third-order valence-electron chi connectivity index (χ3n) is 10.5. The van der Waals surface area contributed by atoms with Gasteiger partial charge in [-0.15, -0.1) is 0 Å². The van der Waals surface area contributed by atoms with E-state index in [4.69, 9.17) is 5.26 Å². The van der Waals surface area contributed by atoms with Gasteiger partial charge < -0.3 is 5.11 Å². The van der Waals surface area contributed by atoms with Crippen molar-refractivity contribution in [2.45, 2.75) is 90.7 Å². The molecular weight excluding hydrogens is 398 g/mol. The Kier molecular flexibility index (Phi) is 5.52. The van der Waals surface area contributed by atoms with Crippen LogP contribution in [0.3, 0.4) is 0 Å². The van der Waals surface area contributed by atoms with E-state index in [1.807, 2.05) is 6.92 Å². The van der Waals surface area contributed by atoms with Crippen LogP contribution in [0.4, 0.5) is 0 Å². The van der Waals surface area contributed by atoms with Crippen molar-refractivity contribution in [2.24, 2.45) is 46.8 Å². The molecule has 0 bridgehead atoms. The number of nitriles is 1. The number of aromatic nitrogens is 2. The molecule has 5 nitrogen and oxygen atoms in total. The van der Waals surface area contributed by atoms with E-state index < -0.39 is 5.60 Å². The van der Waals surface area contributed by atoms with Gasteiger partial charge >= 0.3 is 0 Å². The molecule has 1 aromatic heterocycles. The van der Waals surface area contributed by atoms with Gasteiger partial charge in [0.15, 0.2) is 5.78 Å². The molecule has 0 spiro atoms. The third kappa shape index (κ3) is 3.63. The summed E-state index contributed by atoms with van der Waals surface area (Å²) in [6.07, 6.45) is 14.0. The van der Waals surface area contributed by atoms with Crippen LogP contribution in [-0.4, -0.2) is 26.3 Å². The Bertz CT molecular complexity index is 914. The number of hydrogen-bond acceptors (Lipinski definition) is 4. The van der Waals surface area contributed by atoms with E-state index >= 15 is 0 Å². The molecule has 0 saturated heterocycles. The van der Waals surface area contributed by atoms with Crippen LogP contribution in [0.2, 0.25) is 0 Å². The highest BCUT2D eigenvalue weighted by atomic mass is 16.3. The Labute approximate surface area is 192 Å². The monoisotopic (exact) mass is 437 g/mol. The van der Waals surface area contributed by atoms with E-state index in [0.717, 1.165) is 42.4 Å². The number of aliphatic hydroxyl groups is 1. The van der Waals surface area contributed by atoms with Gasteiger partial charge in [-0.25, -0.2) is 0 Å². The SMILES string of the molecule is C[C@@H](C(=O)Cn1cc(C#N)cn1)[C@H]1CC[C@H]2[C@@H]3CC[C@@H]4C[C@](C)(O)CC[C@@H]4[C@H]3CC[C@]12C. The van der Waals surface area contributed by atoms with Gasteiger partial charge in [0.05, 0.1) is 23.9 Å². The Balaban J connectivity index is 1.28. The van der Waals surface area contributed by atoms with E-state index in [0.29, 0.717) is 11.5 Å². The zero-order valence-corrected chi connectivity index (χ0v) is 20.0. The van der Waals surface area contributed by atoms with Gasteiger partial charge in [-0.1, -0.05) is 13.8 Å². The van der Waals surface area contributed by atoms with Gasteiger partial charge in [0.1, 0.15) is 6.07 Å². The van der Waals surface area contributed by atoms with E-state index in [1.54, 1.807) is 10.9 Å². The average Bonchev–Trinajstić information content (AvgIpc) is 3.35. The molecule has 0 aliphatic heterocycles. The molecule has 174 valence electrons. The topological polar surface area (TPSA) is 78.9 Å². The van der Waals surface area contributed by atoms with Gasteiger partial charge in [-0.05, 0) is 106 Å². The zero-order chi connectivity index (χ0) is 22.7. The molecule has 4 saturated carbocycles. The quantitative estimate of drug-likeness (QED) is 0.720. The van der Waals surface area contributed by atoms with Crippen LogP contribution in [0, 0.1) is 58.2 Å². The van der Waals surface area contributed by atoms with Gasteiger partial charge in [0.2, 0.25) is 0 Å². The van der Waals surface area contributed by atoms with Crippen LogP contribution in [0.25, 0.3) is 0 Å². The lowest BCUT2D eigenvalue weighted by molar-refractivity contribution is -0.129. The average molecular weight is 438 g/mol.